The van der Waals surface area contributed by atoms with E-state index in [1.807, 2.05) is 12.1 Å². The first-order chi connectivity index (χ1) is 10.9. The molecule has 1 unspecified atom stereocenters. The van der Waals surface area contributed by atoms with Crippen molar-refractivity contribution in [2.45, 2.75) is 26.9 Å². The maximum absolute atomic E-state index is 11.1. The van der Waals surface area contributed by atoms with Gasteiger partial charge < -0.3 is 9.47 Å². The number of thiophene rings is 2. The highest BCUT2D eigenvalue weighted by Crippen LogP contribution is 2.32. The predicted molar refractivity (Wildman–Crippen MR) is 91.4 cm³/mol. The van der Waals surface area contributed by atoms with E-state index in [4.69, 9.17) is 9.47 Å². The van der Waals surface area contributed by atoms with Crippen LogP contribution >= 0.6 is 22.7 Å². The van der Waals surface area contributed by atoms with E-state index < -0.39 is 18.0 Å². The average Bonchev–Trinajstić information content (AvgIpc) is 3.10. The van der Waals surface area contributed by atoms with Crippen molar-refractivity contribution in [3.8, 4) is 21.6 Å². The molecule has 0 aromatic carbocycles. The minimum atomic E-state index is -0.758. The number of hydrogen-bond acceptors (Lipinski definition) is 6. The molecular formula is C17H16O4S2. The first-order valence-electron chi connectivity index (χ1n) is 6.93. The lowest BCUT2D eigenvalue weighted by Crippen LogP contribution is -2.22. The molecule has 0 aliphatic heterocycles. The van der Waals surface area contributed by atoms with Crippen molar-refractivity contribution in [3.05, 3.63) is 34.0 Å². The molecule has 0 saturated heterocycles. The van der Waals surface area contributed by atoms with E-state index in [1.165, 1.54) is 23.6 Å². The summed E-state index contributed by atoms with van der Waals surface area (Å²) in [6.45, 7) is 4.60. The SMILES string of the molecule is CC(=O)OCC(C#Cc1ccc(-c2ccc(C)s2)s1)OC(C)=O. The molecular weight excluding hydrogens is 332 g/mol. The van der Waals surface area contributed by atoms with Gasteiger partial charge in [-0.2, -0.15) is 0 Å². The van der Waals surface area contributed by atoms with Crippen LogP contribution in [0, 0.1) is 18.8 Å². The fourth-order valence-electron chi connectivity index (χ4n) is 1.75. The summed E-state index contributed by atoms with van der Waals surface area (Å²) >= 11 is 3.31. The monoisotopic (exact) mass is 348 g/mol. The summed E-state index contributed by atoms with van der Waals surface area (Å²) in [6, 6.07) is 8.12. The number of ether oxygens (including phenoxy) is 2. The number of rotatable bonds is 4. The Morgan fingerprint density at radius 3 is 2.39 bits per heavy atom. The van der Waals surface area contributed by atoms with Gasteiger partial charge in [-0.15, -0.1) is 22.7 Å². The molecule has 0 radical (unpaired) electrons. The maximum atomic E-state index is 11.1. The number of esters is 2. The van der Waals surface area contributed by atoms with E-state index >= 15 is 0 Å². The van der Waals surface area contributed by atoms with Crippen LogP contribution in [-0.4, -0.2) is 24.6 Å². The fraction of sp³-hybridized carbons (Fsp3) is 0.294. The number of carbonyl (C=O) groups excluding carboxylic acids is 2. The summed E-state index contributed by atoms with van der Waals surface area (Å²) in [5, 5.41) is 0. The largest absolute Gasteiger partial charge is 0.461 e. The fourth-order valence-corrected chi connectivity index (χ4v) is 3.58. The molecule has 120 valence electrons. The van der Waals surface area contributed by atoms with Crippen molar-refractivity contribution >= 4 is 34.6 Å². The lowest BCUT2D eigenvalue weighted by atomic mass is 10.3. The van der Waals surface area contributed by atoms with Crippen LogP contribution in [0.1, 0.15) is 23.6 Å². The molecule has 4 nitrogen and oxygen atoms in total. The van der Waals surface area contributed by atoms with Crippen molar-refractivity contribution in [2.24, 2.45) is 0 Å². The van der Waals surface area contributed by atoms with Gasteiger partial charge in [-0.05, 0) is 37.1 Å². The van der Waals surface area contributed by atoms with Crippen LogP contribution in [0.25, 0.3) is 9.75 Å². The summed E-state index contributed by atoms with van der Waals surface area (Å²) in [4.78, 5) is 26.4. The van der Waals surface area contributed by atoms with Gasteiger partial charge in [-0.3, -0.25) is 9.59 Å². The molecule has 2 aromatic rings. The second-order valence-corrected chi connectivity index (χ2v) is 7.12. The first kappa shape index (κ1) is 17.3. The second-order valence-electron chi connectivity index (χ2n) is 4.74. The molecule has 1 atom stereocenters. The summed E-state index contributed by atoms with van der Waals surface area (Å²) in [5.74, 6) is 4.92. The molecule has 0 aliphatic carbocycles. The van der Waals surface area contributed by atoms with Gasteiger partial charge in [0.1, 0.15) is 6.61 Å². The van der Waals surface area contributed by atoms with Gasteiger partial charge in [0.2, 0.25) is 0 Å². The van der Waals surface area contributed by atoms with Gasteiger partial charge in [0, 0.05) is 28.5 Å². The van der Waals surface area contributed by atoms with Gasteiger partial charge in [-0.1, -0.05) is 5.92 Å². The van der Waals surface area contributed by atoms with E-state index in [0.717, 1.165) is 9.75 Å². The summed E-state index contributed by atoms with van der Waals surface area (Å²) in [5.41, 5.74) is 0. The van der Waals surface area contributed by atoms with E-state index in [0.29, 0.717) is 0 Å². The molecule has 0 fully saturated rings. The number of hydrogen-bond donors (Lipinski definition) is 0. The molecule has 0 bridgehead atoms. The molecule has 23 heavy (non-hydrogen) atoms. The third kappa shape index (κ3) is 5.55. The topological polar surface area (TPSA) is 52.6 Å². The van der Waals surface area contributed by atoms with E-state index in [9.17, 15) is 9.59 Å². The zero-order valence-corrected chi connectivity index (χ0v) is 14.7. The molecule has 0 N–H and O–H groups in total. The summed E-state index contributed by atoms with van der Waals surface area (Å²) in [7, 11) is 0. The van der Waals surface area contributed by atoms with Crippen molar-refractivity contribution in [1.29, 1.82) is 0 Å². The Hall–Kier alpha value is -2.10. The van der Waals surface area contributed by atoms with Crippen LogP contribution in [-0.2, 0) is 19.1 Å². The van der Waals surface area contributed by atoms with Gasteiger partial charge >= 0.3 is 11.9 Å². The lowest BCUT2D eigenvalue weighted by Gasteiger charge is -2.10. The van der Waals surface area contributed by atoms with Crippen molar-refractivity contribution < 1.29 is 19.1 Å². The smallest absolute Gasteiger partial charge is 0.303 e. The van der Waals surface area contributed by atoms with Gasteiger partial charge in [-0.25, -0.2) is 0 Å². The molecule has 2 aromatic heterocycles. The Morgan fingerprint density at radius 2 is 1.78 bits per heavy atom. The van der Waals surface area contributed by atoms with Crippen LogP contribution in [0.15, 0.2) is 24.3 Å². The highest BCUT2D eigenvalue weighted by molar-refractivity contribution is 7.22. The third-order valence-corrected chi connectivity index (χ3v) is 4.89. The molecule has 0 saturated carbocycles. The van der Waals surface area contributed by atoms with Crippen molar-refractivity contribution in [3.63, 3.8) is 0 Å². The Labute approximate surface area is 143 Å². The van der Waals surface area contributed by atoms with Gasteiger partial charge in [0.25, 0.3) is 0 Å². The molecule has 0 aliphatic rings. The van der Waals surface area contributed by atoms with Gasteiger partial charge in [0.15, 0.2) is 6.10 Å². The van der Waals surface area contributed by atoms with Gasteiger partial charge in [0.05, 0.1) is 4.88 Å². The molecule has 2 rings (SSSR count). The Bertz CT molecular complexity index is 761. The van der Waals surface area contributed by atoms with Crippen LogP contribution < -0.4 is 0 Å². The van der Waals surface area contributed by atoms with E-state index in [-0.39, 0.29) is 6.61 Å². The second kappa shape index (κ2) is 7.95. The van der Waals surface area contributed by atoms with Crippen molar-refractivity contribution in [1.82, 2.24) is 0 Å². The zero-order valence-electron chi connectivity index (χ0n) is 13.0. The Kier molecular flexibility index (Phi) is 5.97. The molecule has 0 spiro atoms. The standard InChI is InChI=1S/C17H16O4S2/c1-11-4-8-16(22-11)17-9-7-15(23-17)6-5-14(21-13(3)19)10-20-12(2)18/h4,7-9,14H,10H2,1-3H3. The molecule has 2 heterocycles. The molecule has 6 heteroatoms. The Morgan fingerprint density at radius 1 is 1.09 bits per heavy atom. The number of aryl methyl sites for hydroxylation is 1. The predicted octanol–water partition coefficient (Wildman–Crippen LogP) is 3.63. The zero-order chi connectivity index (χ0) is 16.8. The van der Waals surface area contributed by atoms with E-state index in [1.54, 1.807) is 22.7 Å². The van der Waals surface area contributed by atoms with Crippen molar-refractivity contribution in [2.75, 3.05) is 6.61 Å². The van der Waals surface area contributed by atoms with Crippen LogP contribution in [0.4, 0.5) is 0 Å². The summed E-state index contributed by atoms with van der Waals surface area (Å²) < 4.78 is 9.89. The number of carbonyl (C=O) groups is 2. The molecule has 0 amide bonds. The lowest BCUT2D eigenvalue weighted by molar-refractivity contribution is -0.152. The van der Waals surface area contributed by atoms with E-state index in [2.05, 4.69) is 30.9 Å². The normalized spacial score (nSPS) is 11.3. The quantitative estimate of drug-likeness (QED) is 0.625. The van der Waals surface area contributed by atoms with Crippen LogP contribution in [0.2, 0.25) is 0 Å². The van der Waals surface area contributed by atoms with Crippen LogP contribution in [0.5, 0.6) is 0 Å². The first-order valence-corrected chi connectivity index (χ1v) is 8.56. The third-order valence-electron chi connectivity index (χ3n) is 2.69. The minimum absolute atomic E-state index is 0.0652. The summed E-state index contributed by atoms with van der Waals surface area (Å²) in [6.07, 6.45) is -0.758. The highest BCUT2D eigenvalue weighted by Gasteiger charge is 2.11. The Balaban J connectivity index is 2.09. The highest BCUT2D eigenvalue weighted by atomic mass is 32.1. The maximum Gasteiger partial charge on any atom is 0.303 e. The average molecular weight is 348 g/mol. The minimum Gasteiger partial charge on any atom is -0.461 e. The van der Waals surface area contributed by atoms with Crippen LogP contribution in [0.3, 0.4) is 0 Å².